The fraction of sp³-hybridized carbons (Fsp3) is 0.509. The van der Waals surface area contributed by atoms with Crippen LogP contribution in [0.25, 0.3) is 0 Å². The van der Waals surface area contributed by atoms with Gasteiger partial charge in [-0.15, -0.1) is 0 Å². The molecule has 28 nitrogen and oxygen atoms in total. The minimum atomic E-state index is -1.66. The first-order valence-electron chi connectivity index (χ1n) is 27.1. The average molecular weight is 1140 g/mol. The van der Waals surface area contributed by atoms with Crippen molar-refractivity contribution in [1.29, 1.82) is 0 Å². The van der Waals surface area contributed by atoms with E-state index in [1.165, 1.54) is 18.6 Å². The number of aromatic nitrogens is 2. The van der Waals surface area contributed by atoms with Crippen LogP contribution in [-0.2, 0) is 65.2 Å². The van der Waals surface area contributed by atoms with Gasteiger partial charge < -0.3 is 84.0 Å². The van der Waals surface area contributed by atoms with Crippen molar-refractivity contribution in [1.82, 2.24) is 52.5 Å². The zero-order valence-corrected chi connectivity index (χ0v) is 45.6. The van der Waals surface area contributed by atoms with E-state index in [4.69, 9.17) is 31.2 Å². The van der Waals surface area contributed by atoms with Crippen LogP contribution in [0.5, 0.6) is 0 Å². The standard InChI is InChI=1S/C53H73BN14O14/c1-29(2)22-39(68-50(77)35(24-31-14-7-4-8-15-31)67-51(78)37-27-58-20-21-59-37)54-81-43-38(26-55)80-45(42(72)44(43)82-54)52(79)60-18-10-9-16-33-47(74)64-32(17-11-19-61-53(56)57)46(73)62-28-40(69)63-36(25-41(70)71)49(76)66-34(48(75)65-33)23-30-12-5-3-6-13-30/h3-8,12-15,20-21,27,29,32-36,38-39,42-45,72H,9-11,16-19,22-26,28,55H2,1-2H3,(H,60,79)(H,62,73)(H,63,69)(H,64,74)(H,65,75)(H,66,76)(H,67,78)(H,68,77)(H,70,71)(H4,56,57,61)/t32-,33-,34+,35+,36-,38-,39+,42-,43+,44-,45-/m0/s1. The fourth-order valence-corrected chi connectivity index (χ4v) is 9.55. The molecule has 2 aromatic carbocycles. The number of carboxylic acids is 1. The first-order chi connectivity index (χ1) is 39.3. The molecule has 3 aliphatic rings. The highest BCUT2D eigenvalue weighted by Gasteiger charge is 2.57. The molecule has 11 atom stereocenters. The molecule has 6 rings (SSSR count). The second-order valence-electron chi connectivity index (χ2n) is 20.5. The zero-order chi connectivity index (χ0) is 59.3. The molecule has 29 heteroatoms. The molecule has 0 unspecified atom stereocenters. The number of ether oxygens (including phenoxy) is 1. The zero-order valence-electron chi connectivity index (χ0n) is 45.6. The van der Waals surface area contributed by atoms with E-state index in [1.54, 1.807) is 30.3 Å². The Morgan fingerprint density at radius 3 is 2.07 bits per heavy atom. The van der Waals surface area contributed by atoms with Crippen molar-refractivity contribution in [3.63, 3.8) is 0 Å². The number of nitrogens with two attached hydrogens (primary N) is 3. The molecule has 4 heterocycles. The van der Waals surface area contributed by atoms with E-state index >= 15 is 0 Å². The van der Waals surface area contributed by atoms with Gasteiger partial charge >= 0.3 is 13.1 Å². The van der Waals surface area contributed by atoms with Crippen molar-refractivity contribution in [2.24, 2.45) is 28.1 Å². The van der Waals surface area contributed by atoms with Crippen molar-refractivity contribution < 1.29 is 67.4 Å². The summed E-state index contributed by atoms with van der Waals surface area (Å²) in [4.78, 5) is 134. The van der Waals surface area contributed by atoms with Gasteiger partial charge in [0.25, 0.3) is 11.8 Å². The Labute approximate surface area is 473 Å². The van der Waals surface area contributed by atoms with Crippen LogP contribution in [0.3, 0.4) is 0 Å². The van der Waals surface area contributed by atoms with E-state index in [-0.39, 0.29) is 82.2 Å². The van der Waals surface area contributed by atoms with Gasteiger partial charge in [0.1, 0.15) is 42.0 Å². The molecule has 0 bridgehead atoms. The van der Waals surface area contributed by atoms with Gasteiger partial charge in [-0.1, -0.05) is 74.5 Å². The number of aliphatic carboxylic acids is 1. The van der Waals surface area contributed by atoms with E-state index in [9.17, 15) is 53.4 Å². The summed E-state index contributed by atoms with van der Waals surface area (Å²) in [6, 6.07) is 10.8. The molecule has 16 N–H and O–H groups in total. The molecule has 3 aliphatic heterocycles. The number of unbranched alkanes of at least 4 members (excludes halogenated alkanes) is 1. The fourth-order valence-electron chi connectivity index (χ4n) is 9.55. The Kier molecular flexibility index (Phi) is 24.0. The van der Waals surface area contributed by atoms with Gasteiger partial charge in [0.05, 0.1) is 43.4 Å². The van der Waals surface area contributed by atoms with Crippen LogP contribution in [0.4, 0.5) is 0 Å². The predicted octanol–water partition coefficient (Wildman–Crippen LogP) is -3.63. The third-order valence-corrected chi connectivity index (χ3v) is 13.6. The van der Waals surface area contributed by atoms with E-state index in [2.05, 4.69) is 57.5 Å². The van der Waals surface area contributed by atoms with Gasteiger partial charge in [-0.2, -0.15) is 0 Å². The maximum absolute atomic E-state index is 14.2. The molecule has 0 radical (unpaired) electrons. The van der Waals surface area contributed by atoms with E-state index < -0.39 is 140 Å². The monoisotopic (exact) mass is 1140 g/mol. The van der Waals surface area contributed by atoms with Crippen molar-refractivity contribution in [3.05, 3.63) is 96.1 Å². The summed E-state index contributed by atoms with van der Waals surface area (Å²) >= 11 is 0. The number of hydrogen-bond acceptors (Lipinski definition) is 17. The number of amides is 8. The number of guanidine groups is 1. The van der Waals surface area contributed by atoms with E-state index in [0.717, 1.165) is 5.56 Å². The van der Waals surface area contributed by atoms with Gasteiger partial charge in [-0.3, -0.25) is 53.1 Å². The average Bonchev–Trinajstić information content (AvgIpc) is 3.50. The number of aliphatic imine (C=N–C) groups is 1. The largest absolute Gasteiger partial charge is 0.481 e. The summed E-state index contributed by atoms with van der Waals surface area (Å²) in [5, 5.41) is 42.4. The quantitative estimate of drug-likeness (QED) is 0.0178. The molecule has 1 aromatic heterocycles. The highest BCUT2D eigenvalue weighted by molar-refractivity contribution is 6.47. The normalized spacial score (nSPS) is 24.1. The van der Waals surface area contributed by atoms with Gasteiger partial charge in [0.15, 0.2) is 12.1 Å². The number of benzene rings is 2. The summed E-state index contributed by atoms with van der Waals surface area (Å²) in [5.74, 6) is -8.78. The molecule has 3 fully saturated rings. The summed E-state index contributed by atoms with van der Waals surface area (Å²) in [6.45, 7) is 3.06. The molecule has 82 heavy (non-hydrogen) atoms. The van der Waals surface area contributed by atoms with Crippen LogP contribution in [0.2, 0.25) is 0 Å². The SMILES string of the molecule is CC(C)C[C@@H](NC(=O)[C@@H](Cc1ccccc1)NC(=O)c1cnccn1)B1O[C@H]2[C@H](O)[C@@H](C(=O)NCCCC[C@@H]3NC(=O)[C@@H](Cc4ccccc4)NC(=O)[C@H](CC(=O)O)NC(=O)CNC(=O)[C@H](CCCN=C(N)N)NC3=O)O[C@@H](CN)[C@H]2O1. The molecule has 0 aliphatic carbocycles. The molecule has 0 spiro atoms. The van der Waals surface area contributed by atoms with Crippen molar-refractivity contribution >= 4 is 66.3 Å². The lowest BCUT2D eigenvalue weighted by atomic mass is 9.74. The first kappa shape index (κ1) is 63.1. The summed E-state index contributed by atoms with van der Waals surface area (Å²) in [5.41, 5.74) is 18.5. The highest BCUT2D eigenvalue weighted by Crippen LogP contribution is 2.33. The maximum Gasteiger partial charge on any atom is 0.481 e. The summed E-state index contributed by atoms with van der Waals surface area (Å²) in [7, 11) is -1.15. The van der Waals surface area contributed by atoms with Crippen LogP contribution in [0.15, 0.2) is 84.2 Å². The number of carbonyl (C=O) groups excluding carboxylic acids is 8. The van der Waals surface area contributed by atoms with Crippen LogP contribution in [-0.4, -0.2) is 179 Å². The Morgan fingerprint density at radius 2 is 1.43 bits per heavy atom. The van der Waals surface area contributed by atoms with E-state index in [0.29, 0.717) is 12.0 Å². The highest BCUT2D eigenvalue weighted by atomic mass is 16.7. The lowest BCUT2D eigenvalue weighted by Crippen LogP contribution is -2.62. The second kappa shape index (κ2) is 31.2. The van der Waals surface area contributed by atoms with Crippen molar-refractivity contribution in [3.8, 4) is 0 Å². The van der Waals surface area contributed by atoms with Crippen LogP contribution >= 0.6 is 0 Å². The predicted molar refractivity (Wildman–Crippen MR) is 294 cm³/mol. The summed E-state index contributed by atoms with van der Waals surface area (Å²) in [6.07, 6.45) is -2.15. The lowest BCUT2D eigenvalue weighted by Gasteiger charge is -2.39. The summed E-state index contributed by atoms with van der Waals surface area (Å²) < 4.78 is 18.7. The van der Waals surface area contributed by atoms with Crippen molar-refractivity contribution in [2.45, 2.75) is 138 Å². The van der Waals surface area contributed by atoms with Crippen LogP contribution < -0.4 is 59.7 Å². The smallest absolute Gasteiger partial charge is 0.481 e. The molecule has 0 saturated carbocycles. The Bertz CT molecular complexity index is 2700. The van der Waals surface area contributed by atoms with Crippen LogP contribution in [0, 0.1) is 5.92 Å². The molecular formula is C53H73BN14O14. The third kappa shape index (κ3) is 19.0. The Morgan fingerprint density at radius 1 is 0.793 bits per heavy atom. The number of fused-ring (bicyclic) bond motifs is 1. The Hall–Kier alpha value is -8.12. The second-order valence-corrected chi connectivity index (χ2v) is 20.5. The lowest BCUT2D eigenvalue weighted by molar-refractivity contribution is -0.190. The molecule has 8 amide bonds. The van der Waals surface area contributed by atoms with Crippen LogP contribution in [0.1, 0.15) is 80.4 Å². The van der Waals surface area contributed by atoms with Gasteiger partial charge in [-0.05, 0) is 55.6 Å². The minimum Gasteiger partial charge on any atom is -0.481 e. The van der Waals surface area contributed by atoms with Gasteiger partial charge in [0.2, 0.25) is 35.4 Å². The topological polar surface area (TPSA) is 434 Å². The maximum atomic E-state index is 14.2. The Balaban J connectivity index is 1.13. The van der Waals surface area contributed by atoms with Gasteiger partial charge in [0, 0.05) is 44.9 Å². The van der Waals surface area contributed by atoms with E-state index in [1.807, 2.05) is 44.2 Å². The van der Waals surface area contributed by atoms with Gasteiger partial charge in [-0.25, -0.2) is 4.98 Å². The number of aliphatic hydroxyl groups is 1. The molecule has 3 aromatic rings. The molecule has 442 valence electrons. The molecular weight excluding hydrogens is 1070 g/mol. The molecule has 3 saturated heterocycles. The number of carboxylic acid groups (broad SMARTS) is 1. The number of carbonyl (C=O) groups is 9. The number of nitrogens with zero attached hydrogens (tertiary/aromatic N) is 3. The number of aliphatic hydroxyl groups excluding tert-OH is 1. The first-order valence-corrected chi connectivity index (χ1v) is 27.1. The van der Waals surface area contributed by atoms with Crippen molar-refractivity contribution in [2.75, 3.05) is 26.2 Å². The minimum absolute atomic E-state index is 0.00902. The number of hydrogen-bond donors (Lipinski definition) is 13. The number of nitrogens with one attached hydrogen (secondary N) is 8. The third-order valence-electron chi connectivity index (χ3n) is 13.6. The number of rotatable bonds is 24.